The lowest BCUT2D eigenvalue weighted by molar-refractivity contribution is -0.171. The highest BCUT2D eigenvalue weighted by atomic mass is 16.5. The van der Waals surface area contributed by atoms with Gasteiger partial charge in [0.15, 0.2) is 6.10 Å². The molecule has 9 nitrogen and oxygen atoms in total. The zero-order valence-electron chi connectivity index (χ0n) is 14.5. The molecule has 2 aliphatic rings. The molecule has 2 aromatic rings. The van der Waals surface area contributed by atoms with E-state index in [1.807, 2.05) is 10.8 Å². The van der Waals surface area contributed by atoms with Crippen molar-refractivity contribution in [3.8, 4) is 0 Å². The molecular weight excluding hydrogens is 336 g/mol. The summed E-state index contributed by atoms with van der Waals surface area (Å²) in [6.07, 6.45) is 7.19. The summed E-state index contributed by atoms with van der Waals surface area (Å²) in [7, 11) is 1.60. The van der Waals surface area contributed by atoms with Gasteiger partial charge in [-0.3, -0.25) is 9.59 Å². The number of hydrogen-bond acceptors (Lipinski definition) is 6. The van der Waals surface area contributed by atoms with Crippen molar-refractivity contribution < 1.29 is 14.3 Å². The number of likely N-dealkylation sites (N-methyl/N-ethyl adjacent to an activating group) is 1. The Labute approximate surface area is 150 Å². The van der Waals surface area contributed by atoms with Crippen molar-refractivity contribution >= 4 is 11.8 Å². The zero-order chi connectivity index (χ0) is 18.1. The van der Waals surface area contributed by atoms with Crippen molar-refractivity contribution in [1.82, 2.24) is 30.0 Å². The third kappa shape index (κ3) is 2.74. The maximum Gasteiger partial charge on any atom is 0.255 e. The van der Waals surface area contributed by atoms with E-state index in [-0.39, 0.29) is 11.8 Å². The molecule has 2 amide bonds. The Morgan fingerprint density at radius 2 is 2.08 bits per heavy atom. The fourth-order valence-electron chi connectivity index (χ4n) is 3.71. The number of carbonyl (C=O) groups excluding carboxylic acids is 2. The summed E-state index contributed by atoms with van der Waals surface area (Å²) in [6.45, 7) is 1.49. The molecule has 136 valence electrons. The van der Waals surface area contributed by atoms with Crippen molar-refractivity contribution in [2.24, 2.45) is 0 Å². The average Bonchev–Trinajstić information content (AvgIpc) is 3.18. The van der Waals surface area contributed by atoms with Crippen LogP contribution in [0.25, 0.3) is 0 Å². The van der Waals surface area contributed by atoms with Gasteiger partial charge in [-0.15, -0.1) is 0 Å². The fourth-order valence-corrected chi connectivity index (χ4v) is 3.71. The summed E-state index contributed by atoms with van der Waals surface area (Å²) in [5, 5.41) is 10.1. The predicted octanol–water partition coefficient (Wildman–Crippen LogP) is -0.0506. The van der Waals surface area contributed by atoms with Gasteiger partial charge in [0.2, 0.25) is 0 Å². The topological polar surface area (TPSA) is 102 Å². The first-order valence-electron chi connectivity index (χ1n) is 8.60. The molecular formula is C17H20N6O3. The number of nitrogens with one attached hydrogen (secondary N) is 1. The van der Waals surface area contributed by atoms with Crippen LogP contribution >= 0.6 is 0 Å². The van der Waals surface area contributed by atoms with Crippen molar-refractivity contribution in [3.05, 3.63) is 42.2 Å². The Morgan fingerprint density at radius 1 is 1.27 bits per heavy atom. The number of hydrogen-bond donors (Lipinski definition) is 1. The van der Waals surface area contributed by atoms with Gasteiger partial charge in [-0.2, -0.15) is 10.2 Å². The van der Waals surface area contributed by atoms with Crippen LogP contribution in [0.15, 0.2) is 30.9 Å². The largest absolute Gasteiger partial charge is 0.357 e. The Balaban J connectivity index is 1.54. The molecule has 0 aliphatic carbocycles. The van der Waals surface area contributed by atoms with Crippen LogP contribution in [0.2, 0.25) is 0 Å². The number of aromatic nitrogens is 4. The van der Waals surface area contributed by atoms with E-state index in [1.54, 1.807) is 24.2 Å². The van der Waals surface area contributed by atoms with E-state index in [9.17, 15) is 9.59 Å². The third-order valence-corrected chi connectivity index (χ3v) is 5.08. The maximum atomic E-state index is 12.6. The minimum absolute atomic E-state index is 0.0725. The predicted molar refractivity (Wildman–Crippen MR) is 90.0 cm³/mol. The molecule has 26 heavy (non-hydrogen) atoms. The summed E-state index contributed by atoms with van der Waals surface area (Å²) in [5.41, 5.74) is -0.128. The van der Waals surface area contributed by atoms with E-state index in [2.05, 4.69) is 20.5 Å². The molecule has 0 saturated carbocycles. The van der Waals surface area contributed by atoms with Gasteiger partial charge in [0.05, 0.1) is 24.5 Å². The highest BCUT2D eigenvalue weighted by molar-refractivity contribution is 5.93. The van der Waals surface area contributed by atoms with Crippen molar-refractivity contribution in [2.45, 2.75) is 31.1 Å². The lowest BCUT2D eigenvalue weighted by Crippen LogP contribution is -2.54. The van der Waals surface area contributed by atoms with E-state index < -0.39 is 11.7 Å². The second-order valence-corrected chi connectivity index (χ2v) is 6.54. The molecule has 1 N–H and O–H groups in total. The molecule has 1 unspecified atom stereocenters. The minimum atomic E-state index is -0.647. The molecule has 0 bridgehead atoms. The lowest BCUT2D eigenvalue weighted by Gasteiger charge is -2.45. The summed E-state index contributed by atoms with van der Waals surface area (Å²) >= 11 is 0. The van der Waals surface area contributed by atoms with Gasteiger partial charge in [0.1, 0.15) is 11.4 Å². The van der Waals surface area contributed by atoms with Crippen LogP contribution in [-0.4, -0.2) is 62.7 Å². The molecule has 2 aliphatic heterocycles. The molecule has 1 atom stereocenters. The molecule has 0 aromatic carbocycles. The van der Waals surface area contributed by atoms with Gasteiger partial charge in [0, 0.05) is 45.4 Å². The Morgan fingerprint density at radius 3 is 2.77 bits per heavy atom. The molecule has 1 fully saturated rings. The first kappa shape index (κ1) is 16.6. The van der Waals surface area contributed by atoms with E-state index >= 15 is 0 Å². The van der Waals surface area contributed by atoms with Gasteiger partial charge >= 0.3 is 0 Å². The zero-order valence-corrected chi connectivity index (χ0v) is 14.5. The molecule has 2 aromatic heterocycles. The quantitative estimate of drug-likeness (QED) is 0.809. The molecule has 4 rings (SSSR count). The third-order valence-electron chi connectivity index (χ3n) is 5.08. The normalized spacial score (nSPS) is 21.3. The first-order valence-corrected chi connectivity index (χ1v) is 8.60. The fraction of sp³-hybridized carbons (Fsp3) is 0.471. The van der Waals surface area contributed by atoms with Crippen LogP contribution in [0.5, 0.6) is 0 Å². The number of fused-ring (bicyclic) bond motifs is 2. The van der Waals surface area contributed by atoms with Crippen LogP contribution in [0.1, 0.15) is 29.0 Å². The summed E-state index contributed by atoms with van der Waals surface area (Å²) in [6, 6.07) is 1.66. The van der Waals surface area contributed by atoms with E-state index in [0.717, 1.165) is 5.82 Å². The molecule has 1 spiro atoms. The number of ether oxygens (including phenoxy) is 1. The summed E-state index contributed by atoms with van der Waals surface area (Å²) < 4.78 is 8.21. The standard InChI is InChI=1S/C17H20N6O3/c1-18-14(24)13-11-23-9-6-19-16(23)17(26-13)3-7-22(8-4-17)15(25)12-2-5-20-21-10-12/h2,5-6,9-10,13H,3-4,7-8,11H2,1H3,(H,18,24). The minimum Gasteiger partial charge on any atom is -0.357 e. The number of nitrogens with zero attached hydrogens (tertiary/aromatic N) is 5. The van der Waals surface area contributed by atoms with Gasteiger partial charge in [-0.25, -0.2) is 4.98 Å². The van der Waals surface area contributed by atoms with Gasteiger partial charge in [-0.1, -0.05) is 0 Å². The Kier molecular flexibility index (Phi) is 4.15. The van der Waals surface area contributed by atoms with Crippen LogP contribution in [0.4, 0.5) is 0 Å². The number of piperidine rings is 1. The van der Waals surface area contributed by atoms with Gasteiger partial charge in [0.25, 0.3) is 11.8 Å². The first-order chi connectivity index (χ1) is 12.6. The Hall–Kier alpha value is -2.81. The lowest BCUT2D eigenvalue weighted by atomic mass is 9.88. The number of carbonyl (C=O) groups is 2. The number of rotatable bonds is 2. The van der Waals surface area contributed by atoms with Crippen LogP contribution in [0.3, 0.4) is 0 Å². The van der Waals surface area contributed by atoms with Crippen LogP contribution in [-0.2, 0) is 21.7 Å². The average molecular weight is 356 g/mol. The van der Waals surface area contributed by atoms with E-state index in [0.29, 0.717) is 38.0 Å². The summed E-state index contributed by atoms with van der Waals surface area (Å²) in [5.74, 6) is 0.608. The second kappa shape index (κ2) is 6.49. The number of likely N-dealkylation sites (tertiary alicyclic amines) is 1. The monoisotopic (exact) mass is 356 g/mol. The molecule has 4 heterocycles. The summed E-state index contributed by atoms with van der Waals surface area (Å²) in [4.78, 5) is 31.0. The van der Waals surface area contributed by atoms with Gasteiger partial charge in [-0.05, 0) is 6.07 Å². The number of amides is 2. The SMILES string of the molecule is CNC(=O)C1Cn2ccnc2C2(CCN(C(=O)c3ccnnc3)CC2)O1. The second-order valence-electron chi connectivity index (χ2n) is 6.54. The van der Waals surface area contributed by atoms with Crippen LogP contribution in [0, 0.1) is 0 Å². The Bertz CT molecular complexity index is 813. The maximum absolute atomic E-state index is 12.6. The highest BCUT2D eigenvalue weighted by Gasteiger charge is 2.47. The van der Waals surface area contributed by atoms with Gasteiger partial charge < -0.3 is 19.5 Å². The van der Waals surface area contributed by atoms with E-state index in [4.69, 9.17) is 4.74 Å². The highest BCUT2D eigenvalue weighted by Crippen LogP contribution is 2.40. The number of imidazole rings is 1. The smallest absolute Gasteiger partial charge is 0.255 e. The molecule has 9 heteroatoms. The molecule has 1 saturated heterocycles. The molecule has 0 radical (unpaired) electrons. The van der Waals surface area contributed by atoms with Crippen molar-refractivity contribution in [2.75, 3.05) is 20.1 Å². The van der Waals surface area contributed by atoms with E-state index in [1.165, 1.54) is 12.4 Å². The van der Waals surface area contributed by atoms with Crippen LogP contribution < -0.4 is 5.32 Å². The van der Waals surface area contributed by atoms with Crippen molar-refractivity contribution in [3.63, 3.8) is 0 Å². The van der Waals surface area contributed by atoms with Crippen molar-refractivity contribution in [1.29, 1.82) is 0 Å².